The first-order valence-electron chi connectivity index (χ1n) is 10.6. The average molecular weight is 433 g/mol. The lowest BCUT2D eigenvalue weighted by atomic mass is 10.0. The second-order valence-corrected chi connectivity index (χ2v) is 8.81. The number of nitrogens with zero attached hydrogens (tertiary/aromatic N) is 4. The van der Waals surface area contributed by atoms with Crippen molar-refractivity contribution in [1.82, 2.24) is 14.8 Å². The van der Waals surface area contributed by atoms with E-state index < -0.39 is 0 Å². The second kappa shape index (κ2) is 8.61. The summed E-state index contributed by atoms with van der Waals surface area (Å²) in [7, 11) is 0. The molecular weight excluding hydrogens is 408 g/mol. The molecule has 2 amide bonds. The van der Waals surface area contributed by atoms with Gasteiger partial charge in [0, 0.05) is 62.3 Å². The molecule has 0 N–H and O–H groups in total. The van der Waals surface area contributed by atoms with Gasteiger partial charge in [-0.1, -0.05) is 48.5 Å². The van der Waals surface area contributed by atoms with Crippen molar-refractivity contribution in [3.63, 3.8) is 0 Å². The number of para-hydroxylation sites is 1. The Bertz CT molecular complexity index is 1060. The Hall–Kier alpha value is -3.03. The molecule has 3 heterocycles. The maximum absolute atomic E-state index is 13.0. The Morgan fingerprint density at radius 3 is 2.45 bits per heavy atom. The van der Waals surface area contributed by atoms with Crippen LogP contribution in [-0.2, 0) is 4.79 Å². The fourth-order valence-electron chi connectivity index (χ4n) is 4.49. The van der Waals surface area contributed by atoms with Crippen LogP contribution in [0.5, 0.6) is 0 Å². The van der Waals surface area contributed by atoms with Crippen molar-refractivity contribution in [1.29, 1.82) is 0 Å². The van der Waals surface area contributed by atoms with E-state index in [0.29, 0.717) is 31.1 Å². The molecular formula is C24H24N4O2S. The Morgan fingerprint density at radius 1 is 0.968 bits per heavy atom. The largest absolute Gasteiger partial charge is 0.334 e. The molecule has 6 nitrogen and oxygen atoms in total. The van der Waals surface area contributed by atoms with Crippen molar-refractivity contribution in [2.24, 2.45) is 0 Å². The quantitative estimate of drug-likeness (QED) is 0.634. The summed E-state index contributed by atoms with van der Waals surface area (Å²) in [6, 6.07) is 18.5. The molecule has 1 unspecified atom stereocenters. The van der Waals surface area contributed by atoms with Gasteiger partial charge in [0.25, 0.3) is 5.91 Å². The summed E-state index contributed by atoms with van der Waals surface area (Å²) < 4.78 is 0. The molecule has 2 aliphatic rings. The first kappa shape index (κ1) is 19.9. The lowest BCUT2D eigenvalue weighted by Gasteiger charge is -2.37. The van der Waals surface area contributed by atoms with Gasteiger partial charge in [-0.2, -0.15) is 0 Å². The zero-order chi connectivity index (χ0) is 21.2. The van der Waals surface area contributed by atoms with Crippen LogP contribution < -0.4 is 4.90 Å². The molecule has 2 fully saturated rings. The number of carbonyl (C=O) groups is 2. The van der Waals surface area contributed by atoms with E-state index in [1.54, 1.807) is 6.20 Å². The summed E-state index contributed by atoms with van der Waals surface area (Å²) in [6.07, 6.45) is 2.18. The Kier molecular flexibility index (Phi) is 5.53. The number of piperazine rings is 1. The minimum absolute atomic E-state index is 0.00978. The van der Waals surface area contributed by atoms with Gasteiger partial charge in [0.2, 0.25) is 5.91 Å². The number of rotatable bonds is 4. The lowest BCUT2D eigenvalue weighted by Crippen LogP contribution is -2.52. The molecule has 0 spiro atoms. The highest BCUT2D eigenvalue weighted by atomic mass is 32.1. The molecule has 2 saturated heterocycles. The summed E-state index contributed by atoms with van der Waals surface area (Å²) in [5, 5.41) is 2.38. The van der Waals surface area contributed by atoms with Gasteiger partial charge < -0.3 is 9.80 Å². The summed E-state index contributed by atoms with van der Waals surface area (Å²) in [5.41, 5.74) is 3.17. The summed E-state index contributed by atoms with van der Waals surface area (Å²) in [4.78, 5) is 35.8. The molecule has 0 radical (unpaired) electrons. The lowest BCUT2D eigenvalue weighted by molar-refractivity contribution is -0.117. The Labute approximate surface area is 185 Å². The smallest absolute Gasteiger partial charge is 0.282 e. The van der Waals surface area contributed by atoms with Gasteiger partial charge in [0.05, 0.1) is 5.69 Å². The number of benzene rings is 2. The first-order chi connectivity index (χ1) is 15.2. The Morgan fingerprint density at radius 2 is 1.71 bits per heavy atom. The number of hydrogen-bond donors (Lipinski definition) is 0. The van der Waals surface area contributed by atoms with Gasteiger partial charge in [-0.25, -0.2) is 4.98 Å². The predicted octanol–water partition coefficient (Wildman–Crippen LogP) is 3.37. The van der Waals surface area contributed by atoms with Gasteiger partial charge in [0.1, 0.15) is 0 Å². The molecule has 0 bridgehead atoms. The third-order valence-electron chi connectivity index (χ3n) is 6.12. The minimum Gasteiger partial charge on any atom is -0.334 e. The molecule has 2 aromatic carbocycles. The van der Waals surface area contributed by atoms with E-state index in [9.17, 15) is 9.59 Å². The van der Waals surface area contributed by atoms with Crippen LogP contribution in [-0.4, -0.2) is 65.4 Å². The van der Waals surface area contributed by atoms with Crippen LogP contribution in [0.25, 0.3) is 11.1 Å². The third kappa shape index (κ3) is 3.98. The van der Waals surface area contributed by atoms with Crippen molar-refractivity contribution in [2.45, 2.75) is 12.5 Å². The van der Waals surface area contributed by atoms with Crippen molar-refractivity contribution >= 4 is 28.8 Å². The Balaban J connectivity index is 1.27. The number of aromatic nitrogens is 1. The standard InChI is InChI=1S/C24H24N4O2S/c29-22-16-19(26-11-13-27(14-12-26)24(30)23-25-10-15-31-23)17-28(22)21-9-5-4-8-20(21)18-6-2-1-3-7-18/h1-10,15,19H,11-14,16-17H2. The zero-order valence-electron chi connectivity index (χ0n) is 17.2. The van der Waals surface area contributed by atoms with Crippen molar-refractivity contribution in [2.75, 3.05) is 37.6 Å². The molecule has 5 rings (SSSR count). The van der Waals surface area contributed by atoms with Crippen LogP contribution in [0.3, 0.4) is 0 Å². The average Bonchev–Trinajstić information content (AvgIpc) is 3.49. The van der Waals surface area contributed by atoms with Crippen LogP contribution in [0.15, 0.2) is 66.2 Å². The van der Waals surface area contributed by atoms with E-state index in [1.165, 1.54) is 11.3 Å². The van der Waals surface area contributed by atoms with Crippen LogP contribution >= 0.6 is 11.3 Å². The van der Waals surface area contributed by atoms with Crippen molar-refractivity contribution in [3.05, 3.63) is 71.2 Å². The second-order valence-electron chi connectivity index (χ2n) is 7.91. The molecule has 0 saturated carbocycles. The molecule has 158 valence electrons. The maximum atomic E-state index is 13.0. The van der Waals surface area contributed by atoms with E-state index in [4.69, 9.17) is 0 Å². The molecule has 1 aromatic heterocycles. The highest BCUT2D eigenvalue weighted by molar-refractivity contribution is 7.11. The van der Waals surface area contributed by atoms with Gasteiger partial charge in [-0.15, -0.1) is 11.3 Å². The molecule has 1 atom stereocenters. The van der Waals surface area contributed by atoms with Gasteiger partial charge >= 0.3 is 0 Å². The first-order valence-corrected chi connectivity index (χ1v) is 11.5. The van der Waals surface area contributed by atoms with Crippen molar-refractivity contribution in [3.8, 4) is 11.1 Å². The highest BCUT2D eigenvalue weighted by Crippen LogP contribution is 2.34. The monoisotopic (exact) mass is 432 g/mol. The van der Waals surface area contributed by atoms with Gasteiger partial charge in [0.15, 0.2) is 5.01 Å². The van der Waals surface area contributed by atoms with E-state index in [-0.39, 0.29) is 17.9 Å². The SMILES string of the molecule is O=C(c1nccs1)N1CCN(C2CC(=O)N(c3ccccc3-c3ccccc3)C2)CC1. The number of hydrogen-bond acceptors (Lipinski definition) is 5. The maximum Gasteiger partial charge on any atom is 0.282 e. The predicted molar refractivity (Wildman–Crippen MR) is 122 cm³/mol. The van der Waals surface area contributed by atoms with E-state index in [1.807, 2.05) is 51.6 Å². The minimum atomic E-state index is 0.00978. The summed E-state index contributed by atoms with van der Waals surface area (Å²) in [5.74, 6) is 0.172. The number of amides is 2. The summed E-state index contributed by atoms with van der Waals surface area (Å²) >= 11 is 1.38. The van der Waals surface area contributed by atoms with Crippen molar-refractivity contribution < 1.29 is 9.59 Å². The van der Waals surface area contributed by atoms with Crippen LogP contribution in [0.2, 0.25) is 0 Å². The van der Waals surface area contributed by atoms with Crippen LogP contribution in [0, 0.1) is 0 Å². The fraction of sp³-hybridized carbons (Fsp3) is 0.292. The number of anilines is 1. The number of thiazole rings is 1. The van der Waals surface area contributed by atoms with Gasteiger partial charge in [-0.05, 0) is 11.6 Å². The molecule has 3 aromatic rings. The van der Waals surface area contributed by atoms with E-state index in [2.05, 4.69) is 28.1 Å². The molecule has 7 heteroatoms. The summed E-state index contributed by atoms with van der Waals surface area (Å²) in [6.45, 7) is 3.59. The molecule has 0 aliphatic carbocycles. The number of carbonyl (C=O) groups excluding carboxylic acids is 2. The van der Waals surface area contributed by atoms with Gasteiger partial charge in [-0.3, -0.25) is 14.5 Å². The zero-order valence-corrected chi connectivity index (χ0v) is 18.0. The highest BCUT2D eigenvalue weighted by Gasteiger charge is 2.37. The van der Waals surface area contributed by atoms with E-state index >= 15 is 0 Å². The van der Waals surface area contributed by atoms with Crippen LogP contribution in [0.1, 0.15) is 16.2 Å². The molecule has 2 aliphatic heterocycles. The topological polar surface area (TPSA) is 56.8 Å². The normalized spacial score (nSPS) is 19.7. The molecule has 31 heavy (non-hydrogen) atoms. The van der Waals surface area contributed by atoms with E-state index in [0.717, 1.165) is 29.9 Å². The van der Waals surface area contributed by atoms with Crippen LogP contribution in [0.4, 0.5) is 5.69 Å². The third-order valence-corrected chi connectivity index (χ3v) is 6.88. The fourth-order valence-corrected chi connectivity index (χ4v) is 5.09.